The van der Waals surface area contributed by atoms with Crippen LogP contribution in [0.15, 0.2) is 0 Å². The molecule has 1 atom stereocenters. The maximum absolute atomic E-state index is 4.12. The van der Waals surface area contributed by atoms with Crippen LogP contribution < -0.4 is 3.53 Å². The fourth-order valence-corrected chi connectivity index (χ4v) is 1.56. The Morgan fingerprint density at radius 1 is 1.75 bits per heavy atom. The lowest BCUT2D eigenvalue weighted by Crippen LogP contribution is -2.18. The van der Waals surface area contributed by atoms with Crippen molar-refractivity contribution in [3.05, 3.63) is 0 Å². The van der Waals surface area contributed by atoms with Crippen LogP contribution in [0.3, 0.4) is 0 Å². The molecule has 0 radical (unpaired) electrons. The minimum absolute atomic E-state index is 0.660. The lowest BCUT2D eigenvalue weighted by molar-refractivity contribution is 0.610. The van der Waals surface area contributed by atoms with Crippen molar-refractivity contribution in [2.24, 2.45) is 0 Å². The van der Waals surface area contributed by atoms with Gasteiger partial charge in [0.25, 0.3) is 0 Å². The molecule has 0 fully saturated rings. The third-order valence-electron chi connectivity index (χ3n) is 1.12. The fourth-order valence-electron chi connectivity index (χ4n) is 0.492. The predicted octanol–water partition coefficient (Wildman–Crippen LogP) is 2.02. The maximum atomic E-state index is 4.12. The Morgan fingerprint density at radius 3 is 2.50 bits per heavy atom. The van der Waals surface area contributed by atoms with Crippen molar-refractivity contribution in [3.63, 3.8) is 0 Å². The van der Waals surface area contributed by atoms with Crippen LogP contribution in [0.1, 0.15) is 19.8 Å². The molecule has 0 aliphatic carbocycles. The summed E-state index contributed by atoms with van der Waals surface area (Å²) in [5.41, 5.74) is 0. The van der Waals surface area contributed by atoms with E-state index in [0.717, 1.165) is 5.75 Å². The van der Waals surface area contributed by atoms with Gasteiger partial charge < -0.3 is 0 Å². The summed E-state index contributed by atoms with van der Waals surface area (Å²) in [6.45, 7) is 2.18. The van der Waals surface area contributed by atoms with E-state index in [-0.39, 0.29) is 0 Å². The van der Waals surface area contributed by atoms with E-state index in [1.807, 2.05) is 0 Å². The molecule has 0 rings (SSSR count). The molecule has 0 saturated carbocycles. The van der Waals surface area contributed by atoms with Gasteiger partial charge in [-0.2, -0.15) is 12.6 Å². The van der Waals surface area contributed by atoms with Crippen LogP contribution in [0.2, 0.25) is 0 Å². The lowest BCUT2D eigenvalue weighted by Gasteiger charge is -2.08. The molecule has 1 unspecified atom stereocenters. The molecule has 0 heterocycles. The van der Waals surface area contributed by atoms with E-state index >= 15 is 0 Å². The molecule has 8 heavy (non-hydrogen) atoms. The van der Waals surface area contributed by atoms with Crippen LogP contribution >= 0.6 is 35.5 Å². The zero-order valence-electron chi connectivity index (χ0n) is 5.02. The van der Waals surface area contributed by atoms with Gasteiger partial charge in [-0.05, 0) is 18.6 Å². The molecule has 0 aromatic rings. The van der Waals surface area contributed by atoms with Gasteiger partial charge in [0.15, 0.2) is 0 Å². The van der Waals surface area contributed by atoms with Crippen molar-refractivity contribution < 1.29 is 0 Å². The minimum atomic E-state index is 0.660. The molecule has 0 aromatic heterocycles. The van der Waals surface area contributed by atoms with Gasteiger partial charge in [0.05, 0.1) is 0 Å². The van der Waals surface area contributed by atoms with Gasteiger partial charge in [-0.1, -0.05) is 6.92 Å². The van der Waals surface area contributed by atoms with Crippen molar-refractivity contribution in [2.75, 3.05) is 5.75 Å². The maximum Gasteiger partial charge on any atom is 0.0172 e. The van der Waals surface area contributed by atoms with E-state index in [4.69, 9.17) is 0 Å². The van der Waals surface area contributed by atoms with Gasteiger partial charge in [0.1, 0.15) is 0 Å². The van der Waals surface area contributed by atoms with Crippen molar-refractivity contribution in [2.45, 2.75) is 25.8 Å². The van der Waals surface area contributed by atoms with E-state index in [9.17, 15) is 0 Å². The van der Waals surface area contributed by atoms with Crippen molar-refractivity contribution in [1.82, 2.24) is 3.53 Å². The van der Waals surface area contributed by atoms with Crippen LogP contribution in [0.4, 0.5) is 0 Å². The summed E-state index contributed by atoms with van der Waals surface area (Å²) in [4.78, 5) is 0. The molecular formula is C5H12INS. The molecule has 0 amide bonds. The first-order chi connectivity index (χ1) is 3.85. The highest BCUT2D eigenvalue weighted by molar-refractivity contribution is 14.1. The highest BCUT2D eigenvalue weighted by Crippen LogP contribution is 1.99. The standard InChI is InChI=1S/C5H12INS/c1-2-5(7-6)3-4-8/h5,7-8H,2-4H2,1H3. The van der Waals surface area contributed by atoms with Gasteiger partial charge in [0.2, 0.25) is 0 Å². The summed E-state index contributed by atoms with van der Waals surface area (Å²) in [7, 11) is 0. The summed E-state index contributed by atoms with van der Waals surface area (Å²) in [6, 6.07) is 0.660. The second-order valence-corrected chi connectivity index (χ2v) is 2.80. The topological polar surface area (TPSA) is 12.0 Å². The number of hydrogen-bond donors (Lipinski definition) is 2. The van der Waals surface area contributed by atoms with Crippen LogP contribution in [0.5, 0.6) is 0 Å². The van der Waals surface area contributed by atoms with E-state index in [1.165, 1.54) is 12.8 Å². The van der Waals surface area contributed by atoms with E-state index < -0.39 is 0 Å². The predicted molar refractivity (Wildman–Crippen MR) is 49.7 cm³/mol. The van der Waals surface area contributed by atoms with Crippen LogP contribution in [0.25, 0.3) is 0 Å². The Hall–Kier alpha value is 1.04. The Kier molecular flexibility index (Phi) is 6.97. The zero-order valence-corrected chi connectivity index (χ0v) is 8.08. The third-order valence-corrected chi connectivity index (χ3v) is 2.26. The summed E-state index contributed by atoms with van der Waals surface area (Å²) >= 11 is 6.31. The smallest absolute Gasteiger partial charge is 0.0172 e. The number of halogens is 1. The Balaban J connectivity index is 3.07. The summed E-state index contributed by atoms with van der Waals surface area (Å²) < 4.78 is 3.17. The first-order valence-electron chi connectivity index (χ1n) is 2.82. The number of thiol groups is 1. The van der Waals surface area contributed by atoms with Gasteiger partial charge in [-0.25, -0.2) is 0 Å². The normalized spacial score (nSPS) is 13.9. The minimum Gasteiger partial charge on any atom is -0.258 e. The second-order valence-electron chi connectivity index (χ2n) is 1.73. The van der Waals surface area contributed by atoms with E-state index in [1.54, 1.807) is 0 Å². The molecule has 0 spiro atoms. The zero-order chi connectivity index (χ0) is 6.41. The SMILES string of the molecule is CCC(CCS)NI. The molecule has 50 valence electrons. The van der Waals surface area contributed by atoms with Crippen LogP contribution in [-0.2, 0) is 0 Å². The number of hydrogen-bond acceptors (Lipinski definition) is 2. The van der Waals surface area contributed by atoms with E-state index in [2.05, 4.69) is 45.9 Å². The lowest BCUT2D eigenvalue weighted by atomic mass is 10.2. The average molecular weight is 245 g/mol. The van der Waals surface area contributed by atoms with Gasteiger partial charge in [-0.15, -0.1) is 0 Å². The fraction of sp³-hybridized carbons (Fsp3) is 1.00. The molecule has 1 nitrogen and oxygen atoms in total. The number of nitrogens with one attached hydrogen (secondary N) is 1. The van der Waals surface area contributed by atoms with Crippen LogP contribution in [0, 0.1) is 0 Å². The quantitative estimate of drug-likeness (QED) is 0.438. The van der Waals surface area contributed by atoms with Crippen LogP contribution in [-0.4, -0.2) is 11.8 Å². The molecule has 0 aromatic carbocycles. The highest BCUT2D eigenvalue weighted by atomic mass is 127. The largest absolute Gasteiger partial charge is 0.258 e. The summed E-state index contributed by atoms with van der Waals surface area (Å²) in [5, 5.41) is 0. The molecule has 3 heteroatoms. The Labute approximate surface area is 70.5 Å². The van der Waals surface area contributed by atoms with E-state index in [0.29, 0.717) is 6.04 Å². The number of rotatable bonds is 4. The molecular weight excluding hydrogens is 233 g/mol. The Bertz CT molecular complexity index is 47.7. The first-order valence-corrected chi connectivity index (χ1v) is 4.53. The first kappa shape index (κ1) is 9.04. The van der Waals surface area contributed by atoms with Gasteiger partial charge in [-0.3, -0.25) is 3.53 Å². The third kappa shape index (κ3) is 3.97. The molecule has 0 aliphatic heterocycles. The molecule has 0 bridgehead atoms. The van der Waals surface area contributed by atoms with Gasteiger partial charge in [0, 0.05) is 28.9 Å². The average Bonchev–Trinajstić information content (AvgIpc) is 1.83. The van der Waals surface area contributed by atoms with Crippen molar-refractivity contribution in [3.8, 4) is 0 Å². The highest BCUT2D eigenvalue weighted by Gasteiger charge is 1.99. The molecule has 0 aliphatic rings. The summed E-state index contributed by atoms with van der Waals surface area (Å²) in [6.07, 6.45) is 2.37. The summed E-state index contributed by atoms with van der Waals surface area (Å²) in [5.74, 6) is 0.981. The second kappa shape index (κ2) is 6.16. The Morgan fingerprint density at radius 2 is 2.38 bits per heavy atom. The molecule has 0 saturated heterocycles. The van der Waals surface area contributed by atoms with Gasteiger partial charge >= 0.3 is 0 Å². The molecule has 1 N–H and O–H groups in total. The van der Waals surface area contributed by atoms with Crippen molar-refractivity contribution >= 4 is 35.5 Å². The van der Waals surface area contributed by atoms with Crippen molar-refractivity contribution in [1.29, 1.82) is 0 Å². The monoisotopic (exact) mass is 245 g/mol.